The molecule has 0 spiro atoms. The maximum atomic E-state index is 13.2. The number of benzene rings is 1. The monoisotopic (exact) mass is 275 g/mol. The third kappa shape index (κ3) is 2.89. The summed E-state index contributed by atoms with van der Waals surface area (Å²) >= 11 is 0. The summed E-state index contributed by atoms with van der Waals surface area (Å²) in [5, 5.41) is 4.30. The molecule has 3 rings (SSSR count). The third-order valence-corrected chi connectivity index (χ3v) is 3.68. The second-order valence-electron chi connectivity index (χ2n) is 5.15. The quantitative estimate of drug-likeness (QED) is 0.857. The van der Waals surface area contributed by atoms with Crippen molar-refractivity contribution in [1.82, 2.24) is 14.7 Å². The van der Waals surface area contributed by atoms with Gasteiger partial charge in [-0.2, -0.15) is 5.10 Å². The molecule has 1 saturated heterocycles. The van der Waals surface area contributed by atoms with Crippen LogP contribution in [0.2, 0.25) is 0 Å². The van der Waals surface area contributed by atoms with E-state index in [4.69, 9.17) is 4.74 Å². The van der Waals surface area contributed by atoms with Crippen molar-refractivity contribution < 1.29 is 9.13 Å². The van der Waals surface area contributed by atoms with Gasteiger partial charge in [-0.25, -0.2) is 9.07 Å². The molecular formula is C15H18FN3O. The number of aromatic nitrogens is 2. The van der Waals surface area contributed by atoms with Crippen LogP contribution in [0, 0.1) is 5.82 Å². The maximum absolute atomic E-state index is 13.2. The molecule has 0 aliphatic carbocycles. The van der Waals surface area contributed by atoms with Gasteiger partial charge in [-0.15, -0.1) is 0 Å². The van der Waals surface area contributed by atoms with E-state index in [1.807, 2.05) is 18.5 Å². The van der Waals surface area contributed by atoms with Crippen LogP contribution in [-0.4, -0.2) is 41.0 Å². The molecule has 1 atom stereocenters. The van der Waals surface area contributed by atoms with Crippen molar-refractivity contribution in [3.8, 4) is 5.69 Å². The van der Waals surface area contributed by atoms with Gasteiger partial charge in [-0.1, -0.05) is 6.07 Å². The van der Waals surface area contributed by atoms with Crippen molar-refractivity contribution in [2.24, 2.45) is 0 Å². The molecule has 1 aliphatic heterocycles. The first kappa shape index (κ1) is 13.3. The van der Waals surface area contributed by atoms with Gasteiger partial charge in [0.25, 0.3) is 0 Å². The Labute approximate surface area is 117 Å². The van der Waals surface area contributed by atoms with E-state index in [1.165, 1.54) is 12.1 Å². The summed E-state index contributed by atoms with van der Waals surface area (Å²) in [6.07, 6.45) is 5.21. The van der Waals surface area contributed by atoms with Crippen LogP contribution in [0.5, 0.6) is 0 Å². The predicted molar refractivity (Wildman–Crippen MR) is 74.2 cm³/mol. The van der Waals surface area contributed by atoms with Crippen molar-refractivity contribution in [2.75, 3.05) is 20.2 Å². The minimum Gasteiger partial charge on any atom is -0.380 e. The number of nitrogens with zero attached hydrogens (tertiary/aromatic N) is 3. The van der Waals surface area contributed by atoms with E-state index in [9.17, 15) is 4.39 Å². The number of hydrogen-bond donors (Lipinski definition) is 0. The summed E-state index contributed by atoms with van der Waals surface area (Å²) in [6.45, 7) is 2.86. The van der Waals surface area contributed by atoms with Gasteiger partial charge in [-0.05, 0) is 24.6 Å². The molecule has 2 heterocycles. The molecule has 106 valence electrons. The Morgan fingerprint density at radius 2 is 2.35 bits per heavy atom. The Morgan fingerprint density at radius 1 is 1.45 bits per heavy atom. The Balaban J connectivity index is 1.68. The van der Waals surface area contributed by atoms with E-state index < -0.39 is 0 Å². The molecular weight excluding hydrogens is 257 g/mol. The van der Waals surface area contributed by atoms with Gasteiger partial charge < -0.3 is 4.74 Å². The summed E-state index contributed by atoms with van der Waals surface area (Å²) in [4.78, 5) is 2.35. The van der Waals surface area contributed by atoms with Crippen molar-refractivity contribution in [1.29, 1.82) is 0 Å². The highest BCUT2D eigenvalue weighted by atomic mass is 19.1. The van der Waals surface area contributed by atoms with E-state index >= 15 is 0 Å². The van der Waals surface area contributed by atoms with Crippen LogP contribution >= 0.6 is 0 Å². The van der Waals surface area contributed by atoms with Crippen LogP contribution in [-0.2, 0) is 11.3 Å². The van der Waals surface area contributed by atoms with Crippen LogP contribution in [0.3, 0.4) is 0 Å². The van der Waals surface area contributed by atoms with E-state index in [2.05, 4.69) is 10.00 Å². The first-order chi connectivity index (χ1) is 9.74. The van der Waals surface area contributed by atoms with Gasteiger partial charge in [0, 0.05) is 38.5 Å². The largest absolute Gasteiger partial charge is 0.380 e. The molecule has 1 aromatic heterocycles. The van der Waals surface area contributed by atoms with E-state index in [1.54, 1.807) is 17.9 Å². The third-order valence-electron chi connectivity index (χ3n) is 3.68. The molecule has 1 aromatic carbocycles. The van der Waals surface area contributed by atoms with Crippen LogP contribution < -0.4 is 0 Å². The summed E-state index contributed by atoms with van der Waals surface area (Å²) in [5.41, 5.74) is 1.87. The average molecular weight is 275 g/mol. The Kier molecular flexibility index (Phi) is 3.80. The average Bonchev–Trinajstić information content (AvgIpc) is 3.08. The lowest BCUT2D eigenvalue weighted by atomic mass is 10.3. The highest BCUT2D eigenvalue weighted by Crippen LogP contribution is 2.16. The molecule has 2 aromatic rings. The summed E-state index contributed by atoms with van der Waals surface area (Å²) in [6, 6.07) is 6.45. The van der Waals surface area contributed by atoms with Gasteiger partial charge in [0.15, 0.2) is 0 Å². The fourth-order valence-electron chi connectivity index (χ4n) is 2.59. The number of methoxy groups -OCH3 is 1. The van der Waals surface area contributed by atoms with E-state index in [0.717, 1.165) is 37.3 Å². The smallest absolute Gasteiger partial charge is 0.125 e. The Bertz CT molecular complexity index is 584. The zero-order chi connectivity index (χ0) is 13.9. The summed E-state index contributed by atoms with van der Waals surface area (Å²) < 4.78 is 20.3. The highest BCUT2D eigenvalue weighted by Gasteiger charge is 2.22. The molecule has 0 unspecified atom stereocenters. The van der Waals surface area contributed by atoms with Crippen LogP contribution in [0.15, 0.2) is 36.7 Å². The first-order valence-corrected chi connectivity index (χ1v) is 6.79. The van der Waals surface area contributed by atoms with Crippen molar-refractivity contribution >= 4 is 0 Å². The van der Waals surface area contributed by atoms with E-state index in [0.29, 0.717) is 6.10 Å². The minimum absolute atomic E-state index is 0.248. The minimum atomic E-state index is -0.248. The number of likely N-dealkylation sites (tertiary alicyclic amines) is 1. The number of halogens is 1. The normalized spacial score (nSPS) is 19.6. The van der Waals surface area contributed by atoms with Crippen molar-refractivity contribution in [2.45, 2.75) is 19.1 Å². The van der Waals surface area contributed by atoms with Crippen molar-refractivity contribution in [3.63, 3.8) is 0 Å². The molecule has 0 radical (unpaired) electrons. The molecule has 0 saturated carbocycles. The Hall–Kier alpha value is -1.72. The molecule has 0 amide bonds. The van der Waals surface area contributed by atoms with Gasteiger partial charge in [0.05, 0.1) is 18.0 Å². The van der Waals surface area contributed by atoms with Crippen LogP contribution in [0.4, 0.5) is 4.39 Å². The molecule has 5 heteroatoms. The molecule has 1 fully saturated rings. The highest BCUT2D eigenvalue weighted by molar-refractivity contribution is 5.31. The fraction of sp³-hybridized carbons (Fsp3) is 0.400. The second-order valence-corrected chi connectivity index (χ2v) is 5.15. The van der Waals surface area contributed by atoms with Crippen LogP contribution in [0.1, 0.15) is 12.0 Å². The Morgan fingerprint density at radius 3 is 3.10 bits per heavy atom. The lowest BCUT2D eigenvalue weighted by molar-refractivity contribution is 0.107. The predicted octanol–water partition coefficient (Wildman–Crippen LogP) is 2.23. The molecule has 0 bridgehead atoms. The SMILES string of the molecule is CO[C@@H]1CCN(Cc2cnn(-c3cccc(F)c3)c2)C1. The summed E-state index contributed by atoms with van der Waals surface area (Å²) in [7, 11) is 1.76. The fourth-order valence-corrected chi connectivity index (χ4v) is 2.59. The van der Waals surface area contributed by atoms with Gasteiger partial charge >= 0.3 is 0 Å². The standard InChI is InChI=1S/C15H18FN3O/c1-20-15-5-6-18(11-15)9-12-8-17-19(10-12)14-4-2-3-13(16)7-14/h2-4,7-8,10,15H,5-6,9,11H2,1H3/t15-/m1/s1. The maximum Gasteiger partial charge on any atom is 0.125 e. The lowest BCUT2D eigenvalue weighted by Crippen LogP contribution is -2.22. The number of hydrogen-bond acceptors (Lipinski definition) is 3. The van der Waals surface area contributed by atoms with E-state index in [-0.39, 0.29) is 5.82 Å². The molecule has 0 N–H and O–H groups in total. The van der Waals surface area contributed by atoms with Gasteiger partial charge in [-0.3, -0.25) is 4.90 Å². The number of rotatable bonds is 4. The second kappa shape index (κ2) is 5.73. The molecule has 1 aliphatic rings. The topological polar surface area (TPSA) is 30.3 Å². The number of ether oxygens (including phenoxy) is 1. The first-order valence-electron chi connectivity index (χ1n) is 6.79. The summed E-state index contributed by atoms with van der Waals surface area (Å²) in [5.74, 6) is -0.248. The lowest BCUT2D eigenvalue weighted by Gasteiger charge is -2.13. The van der Waals surface area contributed by atoms with Gasteiger partial charge in [0.2, 0.25) is 0 Å². The van der Waals surface area contributed by atoms with Gasteiger partial charge in [0.1, 0.15) is 5.82 Å². The molecule has 20 heavy (non-hydrogen) atoms. The van der Waals surface area contributed by atoms with Crippen molar-refractivity contribution in [3.05, 3.63) is 48.0 Å². The zero-order valence-electron chi connectivity index (χ0n) is 11.5. The molecule has 4 nitrogen and oxygen atoms in total. The zero-order valence-corrected chi connectivity index (χ0v) is 11.5. The van der Waals surface area contributed by atoms with Crippen LogP contribution in [0.25, 0.3) is 5.69 Å².